The summed E-state index contributed by atoms with van der Waals surface area (Å²) >= 11 is 0. The Morgan fingerprint density at radius 3 is 2.52 bits per heavy atom. The van der Waals surface area contributed by atoms with Gasteiger partial charge in [0.1, 0.15) is 10.7 Å². The van der Waals surface area contributed by atoms with Gasteiger partial charge in [-0.05, 0) is 18.2 Å². The van der Waals surface area contributed by atoms with Gasteiger partial charge in [0.05, 0.1) is 19.0 Å². The van der Waals surface area contributed by atoms with Crippen molar-refractivity contribution in [2.24, 2.45) is 0 Å². The third-order valence-corrected chi connectivity index (χ3v) is 2.89. The fourth-order valence-corrected chi connectivity index (χ4v) is 1.91. The average Bonchev–Trinajstić information content (AvgIpc) is 2.93. The van der Waals surface area contributed by atoms with Crippen LogP contribution < -0.4 is 4.90 Å². The van der Waals surface area contributed by atoms with E-state index in [1.54, 1.807) is 4.90 Å². The molecule has 110 valence electrons. The SMILES string of the molecule is O=C(O)CCN(Cc1ccc([N+](=O)[O-])o1)c1ccccc1. The van der Waals surface area contributed by atoms with Crippen molar-refractivity contribution in [1.82, 2.24) is 0 Å². The molecule has 7 heteroatoms. The largest absolute Gasteiger partial charge is 0.481 e. The molecule has 2 aromatic rings. The van der Waals surface area contributed by atoms with Crippen molar-refractivity contribution in [3.63, 3.8) is 0 Å². The standard InChI is InChI=1S/C14H14N2O5/c17-14(18)8-9-15(11-4-2-1-3-5-11)10-12-6-7-13(21-12)16(19)20/h1-7H,8-10H2,(H,17,18). The number of nitro groups is 1. The Morgan fingerprint density at radius 1 is 1.24 bits per heavy atom. The van der Waals surface area contributed by atoms with E-state index in [0.717, 1.165) is 5.69 Å². The van der Waals surface area contributed by atoms with Crippen LogP contribution in [0.5, 0.6) is 0 Å². The molecule has 0 amide bonds. The number of aliphatic carboxylic acids is 1. The highest BCUT2D eigenvalue weighted by Gasteiger charge is 2.15. The van der Waals surface area contributed by atoms with Crippen LogP contribution in [-0.2, 0) is 11.3 Å². The fraction of sp³-hybridized carbons (Fsp3) is 0.214. The van der Waals surface area contributed by atoms with Gasteiger partial charge in [-0.2, -0.15) is 0 Å². The molecule has 1 aromatic heterocycles. The summed E-state index contributed by atoms with van der Waals surface area (Å²) in [6.07, 6.45) is -0.0301. The minimum atomic E-state index is -0.902. The van der Waals surface area contributed by atoms with E-state index in [0.29, 0.717) is 5.76 Å². The van der Waals surface area contributed by atoms with Crippen LogP contribution in [0.1, 0.15) is 12.2 Å². The lowest BCUT2D eigenvalue weighted by molar-refractivity contribution is -0.402. The van der Waals surface area contributed by atoms with E-state index in [9.17, 15) is 14.9 Å². The molecular weight excluding hydrogens is 276 g/mol. The van der Waals surface area contributed by atoms with Crippen molar-refractivity contribution in [3.8, 4) is 0 Å². The highest BCUT2D eigenvalue weighted by Crippen LogP contribution is 2.21. The maximum Gasteiger partial charge on any atom is 0.433 e. The summed E-state index contributed by atoms with van der Waals surface area (Å²) in [6.45, 7) is 0.555. The Hall–Kier alpha value is -2.83. The predicted molar refractivity (Wildman–Crippen MR) is 75.1 cm³/mol. The highest BCUT2D eigenvalue weighted by atomic mass is 16.6. The second-order valence-electron chi connectivity index (χ2n) is 4.40. The number of rotatable bonds is 7. The van der Waals surface area contributed by atoms with Gasteiger partial charge in [-0.25, -0.2) is 0 Å². The second kappa shape index (κ2) is 6.56. The van der Waals surface area contributed by atoms with Crippen LogP contribution in [0, 0.1) is 10.1 Å². The van der Waals surface area contributed by atoms with Gasteiger partial charge in [0, 0.05) is 12.2 Å². The van der Waals surface area contributed by atoms with Crippen molar-refractivity contribution >= 4 is 17.5 Å². The number of benzene rings is 1. The fourth-order valence-electron chi connectivity index (χ4n) is 1.91. The summed E-state index contributed by atoms with van der Waals surface area (Å²) in [5, 5.41) is 19.4. The van der Waals surface area contributed by atoms with E-state index in [1.165, 1.54) is 12.1 Å². The van der Waals surface area contributed by atoms with Gasteiger partial charge >= 0.3 is 11.9 Å². The predicted octanol–water partition coefficient (Wildman–Crippen LogP) is 2.67. The highest BCUT2D eigenvalue weighted by molar-refractivity contribution is 5.67. The minimum Gasteiger partial charge on any atom is -0.481 e. The van der Waals surface area contributed by atoms with Crippen LogP contribution in [0.4, 0.5) is 11.6 Å². The number of anilines is 1. The maximum absolute atomic E-state index is 10.7. The van der Waals surface area contributed by atoms with E-state index in [-0.39, 0.29) is 25.4 Å². The molecule has 0 aliphatic heterocycles. The molecule has 0 aliphatic rings. The number of nitrogens with zero attached hydrogens (tertiary/aromatic N) is 2. The molecule has 0 fully saturated rings. The monoisotopic (exact) mass is 290 g/mol. The van der Waals surface area contributed by atoms with Gasteiger partial charge < -0.3 is 14.4 Å². The molecule has 0 bridgehead atoms. The summed E-state index contributed by atoms with van der Waals surface area (Å²) in [5.41, 5.74) is 0.831. The number of hydrogen-bond donors (Lipinski definition) is 1. The Morgan fingerprint density at radius 2 is 1.95 bits per heavy atom. The molecule has 0 saturated carbocycles. The first-order valence-electron chi connectivity index (χ1n) is 6.31. The van der Waals surface area contributed by atoms with Crippen LogP contribution in [0.25, 0.3) is 0 Å². The van der Waals surface area contributed by atoms with Crippen molar-refractivity contribution in [3.05, 3.63) is 58.3 Å². The third-order valence-electron chi connectivity index (χ3n) is 2.89. The first kappa shape index (κ1) is 14.6. The van der Waals surface area contributed by atoms with Crippen molar-refractivity contribution in [1.29, 1.82) is 0 Å². The van der Waals surface area contributed by atoms with Gasteiger partial charge in [0.15, 0.2) is 0 Å². The molecule has 0 aliphatic carbocycles. The summed E-state index contributed by atoms with van der Waals surface area (Å²) in [6, 6.07) is 12.0. The molecule has 1 N–H and O–H groups in total. The van der Waals surface area contributed by atoms with Gasteiger partial charge in [-0.1, -0.05) is 18.2 Å². The normalized spacial score (nSPS) is 10.3. The average molecular weight is 290 g/mol. The molecule has 1 aromatic carbocycles. The van der Waals surface area contributed by atoms with Crippen molar-refractivity contribution in [2.75, 3.05) is 11.4 Å². The zero-order chi connectivity index (χ0) is 15.2. The lowest BCUT2D eigenvalue weighted by Gasteiger charge is -2.22. The summed E-state index contributed by atoms with van der Waals surface area (Å²) in [7, 11) is 0. The lowest BCUT2D eigenvalue weighted by Crippen LogP contribution is -2.25. The number of carboxylic acids is 1. The summed E-state index contributed by atoms with van der Waals surface area (Å²) in [4.78, 5) is 22.5. The van der Waals surface area contributed by atoms with Crippen LogP contribution in [0.3, 0.4) is 0 Å². The van der Waals surface area contributed by atoms with Crippen LogP contribution >= 0.6 is 0 Å². The molecule has 7 nitrogen and oxygen atoms in total. The number of furan rings is 1. The number of hydrogen-bond acceptors (Lipinski definition) is 5. The van der Waals surface area contributed by atoms with Gasteiger partial charge in [0.25, 0.3) is 0 Å². The Labute approximate surface area is 120 Å². The second-order valence-corrected chi connectivity index (χ2v) is 4.40. The maximum atomic E-state index is 10.7. The molecule has 1 heterocycles. The summed E-state index contributed by atoms with van der Waals surface area (Å²) < 4.78 is 5.12. The molecule has 0 saturated heterocycles. The lowest BCUT2D eigenvalue weighted by atomic mass is 10.2. The number of para-hydroxylation sites is 1. The molecule has 0 unspecified atom stereocenters. The van der Waals surface area contributed by atoms with E-state index in [4.69, 9.17) is 9.52 Å². The number of carboxylic acid groups (broad SMARTS) is 1. The third kappa shape index (κ3) is 4.07. The Bertz CT molecular complexity index is 623. The Kier molecular flexibility index (Phi) is 4.55. The molecular formula is C14H14N2O5. The zero-order valence-corrected chi connectivity index (χ0v) is 11.1. The van der Waals surface area contributed by atoms with Crippen molar-refractivity contribution in [2.45, 2.75) is 13.0 Å². The zero-order valence-electron chi connectivity index (χ0n) is 11.1. The molecule has 0 radical (unpaired) electrons. The van der Waals surface area contributed by atoms with E-state index < -0.39 is 10.9 Å². The van der Waals surface area contributed by atoms with Crippen LogP contribution in [0.2, 0.25) is 0 Å². The molecule has 0 spiro atoms. The first-order chi connectivity index (χ1) is 10.1. The molecule has 21 heavy (non-hydrogen) atoms. The van der Waals surface area contributed by atoms with E-state index in [1.807, 2.05) is 30.3 Å². The summed E-state index contributed by atoms with van der Waals surface area (Å²) in [5.74, 6) is -0.812. The van der Waals surface area contributed by atoms with E-state index >= 15 is 0 Å². The Balaban J connectivity index is 2.14. The van der Waals surface area contributed by atoms with Gasteiger partial charge in [-0.15, -0.1) is 0 Å². The van der Waals surface area contributed by atoms with Crippen molar-refractivity contribution < 1.29 is 19.2 Å². The van der Waals surface area contributed by atoms with Gasteiger partial charge in [0.2, 0.25) is 0 Å². The van der Waals surface area contributed by atoms with Gasteiger partial charge in [-0.3, -0.25) is 14.9 Å². The smallest absolute Gasteiger partial charge is 0.433 e. The van der Waals surface area contributed by atoms with Crippen LogP contribution in [0.15, 0.2) is 46.9 Å². The first-order valence-corrected chi connectivity index (χ1v) is 6.31. The molecule has 2 rings (SSSR count). The van der Waals surface area contributed by atoms with Crippen LogP contribution in [-0.4, -0.2) is 22.5 Å². The topological polar surface area (TPSA) is 96.8 Å². The molecule has 0 atom stereocenters. The van der Waals surface area contributed by atoms with E-state index in [2.05, 4.69) is 0 Å². The number of carbonyl (C=O) groups is 1. The quantitative estimate of drug-likeness (QED) is 0.622. The minimum absolute atomic E-state index is 0.0301.